The van der Waals surface area contributed by atoms with Gasteiger partial charge in [-0.15, -0.1) is 0 Å². The second kappa shape index (κ2) is 7.74. The molecule has 0 bridgehead atoms. The number of carbonyl (C=O) groups excluding carboxylic acids is 1. The van der Waals surface area contributed by atoms with Crippen LogP contribution in [0.1, 0.15) is 33.5 Å². The number of anilines is 2. The minimum atomic E-state index is -3.82. The fourth-order valence-corrected chi connectivity index (χ4v) is 6.22. The molecule has 2 aliphatic heterocycles. The molecule has 0 unspecified atom stereocenters. The third-order valence-electron chi connectivity index (χ3n) is 6.14. The molecule has 3 aromatic rings. The van der Waals surface area contributed by atoms with Crippen molar-refractivity contribution in [3.05, 3.63) is 88.7 Å². The van der Waals surface area contributed by atoms with Crippen molar-refractivity contribution >= 4 is 27.3 Å². The monoisotopic (exact) mass is 450 g/mol. The Bertz CT molecular complexity index is 1340. The van der Waals surface area contributed by atoms with Crippen molar-refractivity contribution in [2.45, 2.75) is 31.1 Å². The first-order valence-corrected chi connectivity index (χ1v) is 12.1. The van der Waals surface area contributed by atoms with Crippen LogP contribution in [0, 0.1) is 12.7 Å². The fourth-order valence-electron chi connectivity index (χ4n) is 4.67. The van der Waals surface area contributed by atoms with E-state index in [-0.39, 0.29) is 10.5 Å². The van der Waals surface area contributed by atoms with E-state index in [2.05, 4.69) is 0 Å². The number of amides is 1. The number of para-hydroxylation sites is 1. The lowest BCUT2D eigenvalue weighted by atomic mass is 9.98. The van der Waals surface area contributed by atoms with Crippen molar-refractivity contribution in [3.8, 4) is 0 Å². The first-order valence-electron chi connectivity index (χ1n) is 10.7. The molecule has 5 rings (SSSR count). The van der Waals surface area contributed by atoms with Crippen LogP contribution in [0.5, 0.6) is 0 Å². The Hall–Kier alpha value is -3.19. The second-order valence-corrected chi connectivity index (χ2v) is 10.2. The number of carbonyl (C=O) groups is 1. The average Bonchev–Trinajstić information content (AvgIpc) is 3.23. The topological polar surface area (TPSA) is 57.7 Å². The molecule has 2 heterocycles. The Kier molecular flexibility index (Phi) is 5.01. The zero-order valence-electron chi connectivity index (χ0n) is 17.7. The summed E-state index contributed by atoms with van der Waals surface area (Å²) in [6.07, 6.45) is 2.09. The molecule has 0 radical (unpaired) electrons. The molecule has 0 spiro atoms. The van der Waals surface area contributed by atoms with Crippen molar-refractivity contribution in [3.63, 3.8) is 0 Å². The molecule has 3 aromatic carbocycles. The van der Waals surface area contributed by atoms with Crippen LogP contribution in [0.3, 0.4) is 0 Å². The minimum absolute atomic E-state index is 0.0571. The molecule has 1 amide bonds. The molecule has 0 saturated carbocycles. The van der Waals surface area contributed by atoms with Crippen LogP contribution in [0.15, 0.2) is 65.6 Å². The van der Waals surface area contributed by atoms with E-state index >= 15 is 0 Å². The van der Waals surface area contributed by atoms with Crippen LogP contribution in [0.25, 0.3) is 0 Å². The van der Waals surface area contributed by atoms with Gasteiger partial charge < -0.3 is 4.90 Å². The van der Waals surface area contributed by atoms with Gasteiger partial charge in [-0.1, -0.05) is 30.3 Å². The minimum Gasteiger partial charge on any atom is -0.305 e. The molecule has 164 valence electrons. The van der Waals surface area contributed by atoms with Gasteiger partial charge in [0.1, 0.15) is 5.82 Å². The molecule has 5 nitrogen and oxygen atoms in total. The van der Waals surface area contributed by atoms with Gasteiger partial charge in [-0.2, -0.15) is 0 Å². The standard InChI is InChI=1S/C25H23FN2O3S/c1-17-14-19-8-5-12-27(24(19)22(26)15-17)25(29)20-7-4-9-21(16-20)32(30,31)28-13-11-18-6-2-3-10-23(18)28/h2-4,6-7,9-10,14-16H,5,8,11-13H2,1H3. The molecule has 0 aromatic heterocycles. The molecule has 0 atom stereocenters. The highest BCUT2D eigenvalue weighted by molar-refractivity contribution is 7.92. The molecule has 0 N–H and O–H groups in total. The van der Waals surface area contributed by atoms with Crippen molar-refractivity contribution in [2.24, 2.45) is 0 Å². The van der Waals surface area contributed by atoms with E-state index in [1.54, 1.807) is 18.2 Å². The number of hydrogen-bond donors (Lipinski definition) is 0. The molecule has 0 saturated heterocycles. The van der Waals surface area contributed by atoms with Crippen LogP contribution in [-0.4, -0.2) is 27.4 Å². The quantitative estimate of drug-likeness (QED) is 0.591. The Labute approximate surface area is 187 Å². The molecule has 7 heteroatoms. The van der Waals surface area contributed by atoms with Gasteiger partial charge in [-0.3, -0.25) is 9.10 Å². The summed E-state index contributed by atoms with van der Waals surface area (Å²) in [5.74, 6) is -0.821. The van der Waals surface area contributed by atoms with E-state index in [4.69, 9.17) is 0 Å². The lowest BCUT2D eigenvalue weighted by molar-refractivity contribution is 0.0984. The highest BCUT2D eigenvalue weighted by Gasteiger charge is 2.32. The Balaban J connectivity index is 1.50. The summed E-state index contributed by atoms with van der Waals surface area (Å²) >= 11 is 0. The van der Waals surface area contributed by atoms with E-state index < -0.39 is 21.7 Å². The predicted octanol–water partition coefficient (Wildman–Crippen LogP) is 4.48. The van der Waals surface area contributed by atoms with Crippen LogP contribution in [0.4, 0.5) is 15.8 Å². The summed E-state index contributed by atoms with van der Waals surface area (Å²) in [5.41, 5.74) is 3.81. The van der Waals surface area contributed by atoms with Gasteiger partial charge in [-0.25, -0.2) is 12.8 Å². The number of hydrogen-bond acceptors (Lipinski definition) is 3. The fraction of sp³-hybridized carbons (Fsp3) is 0.240. The van der Waals surface area contributed by atoms with Gasteiger partial charge in [0.15, 0.2) is 0 Å². The molecule has 0 aliphatic carbocycles. The van der Waals surface area contributed by atoms with E-state index in [1.807, 2.05) is 31.2 Å². The predicted molar refractivity (Wildman–Crippen MR) is 122 cm³/mol. The van der Waals surface area contributed by atoms with E-state index in [0.29, 0.717) is 37.3 Å². The summed E-state index contributed by atoms with van der Waals surface area (Å²) < 4.78 is 42.9. The van der Waals surface area contributed by atoms with Crippen LogP contribution in [-0.2, 0) is 22.9 Å². The van der Waals surface area contributed by atoms with Gasteiger partial charge in [0, 0.05) is 18.7 Å². The number of fused-ring (bicyclic) bond motifs is 2. The molecule has 32 heavy (non-hydrogen) atoms. The number of halogens is 1. The SMILES string of the molecule is Cc1cc(F)c2c(c1)CCCN2C(=O)c1cccc(S(=O)(=O)N2CCc3ccccc32)c1. The first kappa shape index (κ1) is 20.7. The van der Waals surface area contributed by atoms with Gasteiger partial charge in [0.05, 0.1) is 16.3 Å². The summed E-state index contributed by atoms with van der Waals surface area (Å²) in [7, 11) is -3.82. The zero-order valence-corrected chi connectivity index (χ0v) is 18.5. The highest BCUT2D eigenvalue weighted by atomic mass is 32.2. The normalized spacial score (nSPS) is 15.4. The molecular weight excluding hydrogens is 427 g/mol. The Morgan fingerprint density at radius 2 is 1.75 bits per heavy atom. The number of nitrogens with zero attached hydrogens (tertiary/aromatic N) is 2. The zero-order chi connectivity index (χ0) is 22.5. The van der Waals surface area contributed by atoms with Crippen LogP contribution < -0.4 is 9.21 Å². The maximum absolute atomic E-state index is 14.8. The number of sulfonamides is 1. The van der Waals surface area contributed by atoms with Crippen molar-refractivity contribution in [1.82, 2.24) is 0 Å². The Morgan fingerprint density at radius 3 is 2.59 bits per heavy atom. The van der Waals surface area contributed by atoms with Crippen LogP contribution in [0.2, 0.25) is 0 Å². The van der Waals surface area contributed by atoms with Gasteiger partial charge >= 0.3 is 0 Å². The first-order chi connectivity index (χ1) is 15.4. The second-order valence-electron chi connectivity index (χ2n) is 8.30. The van der Waals surface area contributed by atoms with E-state index in [1.165, 1.54) is 27.4 Å². The third-order valence-corrected chi connectivity index (χ3v) is 7.95. The van der Waals surface area contributed by atoms with E-state index in [0.717, 1.165) is 23.1 Å². The lowest BCUT2D eigenvalue weighted by Gasteiger charge is -2.30. The summed E-state index contributed by atoms with van der Waals surface area (Å²) in [5, 5.41) is 0. The Morgan fingerprint density at radius 1 is 0.938 bits per heavy atom. The third kappa shape index (κ3) is 3.37. The maximum Gasteiger partial charge on any atom is 0.264 e. The maximum atomic E-state index is 14.8. The summed E-state index contributed by atoms with van der Waals surface area (Å²) in [4.78, 5) is 14.8. The summed E-state index contributed by atoms with van der Waals surface area (Å²) in [6.45, 7) is 2.58. The molecule has 0 fully saturated rings. The molecular formula is C25H23FN2O3S. The molecule has 2 aliphatic rings. The van der Waals surface area contributed by atoms with Crippen LogP contribution >= 0.6 is 0 Å². The number of aryl methyl sites for hydroxylation is 2. The highest BCUT2D eigenvalue weighted by Crippen LogP contribution is 2.34. The van der Waals surface area contributed by atoms with Crippen molar-refractivity contribution in [1.29, 1.82) is 0 Å². The number of benzene rings is 3. The summed E-state index contributed by atoms with van der Waals surface area (Å²) in [6, 6.07) is 16.8. The average molecular weight is 451 g/mol. The van der Waals surface area contributed by atoms with E-state index in [9.17, 15) is 17.6 Å². The largest absolute Gasteiger partial charge is 0.305 e. The lowest BCUT2D eigenvalue weighted by Crippen LogP contribution is -2.36. The van der Waals surface area contributed by atoms with Gasteiger partial charge in [0.25, 0.3) is 15.9 Å². The number of rotatable bonds is 3. The van der Waals surface area contributed by atoms with Gasteiger partial charge in [-0.05, 0) is 73.2 Å². The van der Waals surface area contributed by atoms with Gasteiger partial charge in [0.2, 0.25) is 0 Å². The van der Waals surface area contributed by atoms with Crippen molar-refractivity contribution in [2.75, 3.05) is 22.3 Å². The smallest absolute Gasteiger partial charge is 0.264 e. The van der Waals surface area contributed by atoms with Crippen molar-refractivity contribution < 1.29 is 17.6 Å².